The smallest absolute Gasteiger partial charge is 0.0406 e. The van der Waals surface area contributed by atoms with E-state index in [2.05, 4.69) is 32.9 Å². The molecule has 14 heavy (non-hydrogen) atoms. The molecule has 0 aliphatic heterocycles. The molecule has 0 N–H and O–H groups in total. The topological polar surface area (TPSA) is 0 Å². The van der Waals surface area contributed by atoms with Crippen LogP contribution in [0.5, 0.6) is 0 Å². The third kappa shape index (κ3) is 3.02. The molecule has 1 aromatic rings. The fourth-order valence-electron chi connectivity index (χ4n) is 1.91. The molecule has 0 heterocycles. The van der Waals surface area contributed by atoms with Crippen LogP contribution in [0.1, 0.15) is 45.1 Å². The van der Waals surface area contributed by atoms with E-state index in [-0.39, 0.29) is 0 Å². The third-order valence-electron chi connectivity index (χ3n) is 2.70. The number of halogens is 1. The molecule has 0 saturated carbocycles. The monoisotopic (exact) mass is 210 g/mol. The Kier molecular flexibility index (Phi) is 4.47. The Morgan fingerprint density at radius 1 is 1.14 bits per heavy atom. The molecule has 0 saturated heterocycles. The molecule has 1 rings (SSSR count). The van der Waals surface area contributed by atoms with E-state index in [9.17, 15) is 0 Å². The quantitative estimate of drug-likeness (QED) is 0.665. The van der Waals surface area contributed by atoms with E-state index in [0.717, 1.165) is 5.02 Å². The second-order valence-corrected chi connectivity index (χ2v) is 4.63. The predicted octanol–water partition coefficient (Wildman–Crippen LogP) is 4.88. The molecule has 0 aliphatic rings. The summed E-state index contributed by atoms with van der Waals surface area (Å²) >= 11 is 5.87. The van der Waals surface area contributed by atoms with E-state index in [1.165, 1.54) is 18.4 Å². The van der Waals surface area contributed by atoms with E-state index in [1.54, 1.807) is 0 Å². The maximum atomic E-state index is 5.87. The zero-order chi connectivity index (χ0) is 10.6. The molecule has 0 fully saturated rings. The lowest BCUT2D eigenvalue weighted by atomic mass is 9.85. The maximum Gasteiger partial charge on any atom is 0.0406 e. The van der Waals surface area contributed by atoms with Crippen molar-refractivity contribution in [2.75, 3.05) is 0 Å². The van der Waals surface area contributed by atoms with Crippen molar-refractivity contribution in [2.24, 2.45) is 5.92 Å². The largest absolute Gasteiger partial charge is 0.0843 e. The van der Waals surface area contributed by atoms with Crippen LogP contribution in [0.4, 0.5) is 0 Å². The summed E-state index contributed by atoms with van der Waals surface area (Å²) in [6.07, 6.45) is 2.50. The van der Waals surface area contributed by atoms with Gasteiger partial charge in [-0.2, -0.15) is 0 Å². The standard InChI is InChI=1S/C13H19Cl/c1-4-5-13(10(2)3)11-6-8-12(14)9-7-11/h6-10,13H,4-5H2,1-3H3. The highest BCUT2D eigenvalue weighted by molar-refractivity contribution is 6.30. The fraction of sp³-hybridized carbons (Fsp3) is 0.538. The Labute approximate surface area is 92.3 Å². The maximum absolute atomic E-state index is 5.87. The number of benzene rings is 1. The summed E-state index contributed by atoms with van der Waals surface area (Å²) in [5.41, 5.74) is 1.42. The van der Waals surface area contributed by atoms with Gasteiger partial charge >= 0.3 is 0 Å². The lowest BCUT2D eigenvalue weighted by Gasteiger charge is -2.20. The molecular weight excluding hydrogens is 192 g/mol. The molecular formula is C13H19Cl. The summed E-state index contributed by atoms with van der Waals surface area (Å²) in [5, 5.41) is 0.827. The van der Waals surface area contributed by atoms with Crippen molar-refractivity contribution in [3.8, 4) is 0 Å². The molecule has 0 aromatic heterocycles. The van der Waals surface area contributed by atoms with Crippen LogP contribution < -0.4 is 0 Å². The lowest BCUT2D eigenvalue weighted by molar-refractivity contribution is 0.463. The first-order valence-electron chi connectivity index (χ1n) is 5.40. The highest BCUT2D eigenvalue weighted by Gasteiger charge is 2.14. The van der Waals surface area contributed by atoms with Crippen LogP contribution >= 0.6 is 11.6 Å². The van der Waals surface area contributed by atoms with Crippen molar-refractivity contribution in [1.29, 1.82) is 0 Å². The zero-order valence-corrected chi connectivity index (χ0v) is 10.0. The zero-order valence-electron chi connectivity index (χ0n) is 9.26. The van der Waals surface area contributed by atoms with Gasteiger partial charge in [-0.3, -0.25) is 0 Å². The molecule has 0 nitrogen and oxygen atoms in total. The summed E-state index contributed by atoms with van der Waals surface area (Å²) in [6, 6.07) is 8.29. The van der Waals surface area contributed by atoms with Crippen LogP contribution in [-0.4, -0.2) is 0 Å². The number of rotatable bonds is 4. The van der Waals surface area contributed by atoms with E-state index >= 15 is 0 Å². The molecule has 1 heteroatoms. The molecule has 1 atom stereocenters. The van der Waals surface area contributed by atoms with E-state index in [0.29, 0.717) is 11.8 Å². The van der Waals surface area contributed by atoms with E-state index in [1.807, 2.05) is 12.1 Å². The van der Waals surface area contributed by atoms with Gasteiger partial charge < -0.3 is 0 Å². The third-order valence-corrected chi connectivity index (χ3v) is 2.95. The minimum absolute atomic E-state index is 0.678. The highest BCUT2D eigenvalue weighted by atomic mass is 35.5. The normalized spacial score (nSPS) is 13.2. The Morgan fingerprint density at radius 3 is 2.14 bits per heavy atom. The molecule has 0 aliphatic carbocycles. The highest BCUT2D eigenvalue weighted by Crippen LogP contribution is 2.29. The van der Waals surface area contributed by atoms with Crippen molar-refractivity contribution in [3.63, 3.8) is 0 Å². The van der Waals surface area contributed by atoms with Gasteiger partial charge in [0.1, 0.15) is 0 Å². The molecule has 1 aromatic carbocycles. The molecule has 0 amide bonds. The van der Waals surface area contributed by atoms with Gasteiger partial charge in [-0.05, 0) is 36.0 Å². The summed E-state index contributed by atoms with van der Waals surface area (Å²) in [4.78, 5) is 0. The van der Waals surface area contributed by atoms with E-state index < -0.39 is 0 Å². The molecule has 0 radical (unpaired) electrons. The first-order chi connectivity index (χ1) is 6.65. The second kappa shape index (κ2) is 5.41. The van der Waals surface area contributed by atoms with Crippen LogP contribution in [0.3, 0.4) is 0 Å². The van der Waals surface area contributed by atoms with Crippen molar-refractivity contribution < 1.29 is 0 Å². The van der Waals surface area contributed by atoms with Gasteiger partial charge in [0.2, 0.25) is 0 Å². The van der Waals surface area contributed by atoms with Crippen molar-refractivity contribution in [3.05, 3.63) is 34.9 Å². The minimum Gasteiger partial charge on any atom is -0.0843 e. The van der Waals surface area contributed by atoms with Crippen LogP contribution in [0.25, 0.3) is 0 Å². The first-order valence-corrected chi connectivity index (χ1v) is 5.78. The van der Waals surface area contributed by atoms with Crippen LogP contribution in [0, 0.1) is 5.92 Å². The van der Waals surface area contributed by atoms with Crippen molar-refractivity contribution in [1.82, 2.24) is 0 Å². The first kappa shape index (κ1) is 11.6. The van der Waals surface area contributed by atoms with Crippen LogP contribution in [0.2, 0.25) is 5.02 Å². The summed E-state index contributed by atoms with van der Waals surface area (Å²) in [5.74, 6) is 1.38. The second-order valence-electron chi connectivity index (χ2n) is 4.19. The summed E-state index contributed by atoms with van der Waals surface area (Å²) in [6.45, 7) is 6.81. The van der Waals surface area contributed by atoms with Gasteiger partial charge in [-0.1, -0.05) is 50.9 Å². The average molecular weight is 211 g/mol. The molecule has 0 bridgehead atoms. The lowest BCUT2D eigenvalue weighted by Crippen LogP contribution is -2.06. The Hall–Kier alpha value is -0.490. The Balaban J connectivity index is 2.82. The molecule has 0 spiro atoms. The van der Waals surface area contributed by atoms with Crippen LogP contribution in [-0.2, 0) is 0 Å². The van der Waals surface area contributed by atoms with Gasteiger partial charge in [0.05, 0.1) is 0 Å². The summed E-state index contributed by atoms with van der Waals surface area (Å²) < 4.78 is 0. The van der Waals surface area contributed by atoms with Gasteiger partial charge in [0, 0.05) is 5.02 Å². The number of hydrogen-bond donors (Lipinski definition) is 0. The van der Waals surface area contributed by atoms with Crippen LogP contribution in [0.15, 0.2) is 24.3 Å². The van der Waals surface area contributed by atoms with Crippen molar-refractivity contribution >= 4 is 11.6 Å². The van der Waals surface area contributed by atoms with E-state index in [4.69, 9.17) is 11.6 Å². The van der Waals surface area contributed by atoms with Gasteiger partial charge in [0.25, 0.3) is 0 Å². The summed E-state index contributed by atoms with van der Waals surface area (Å²) in [7, 11) is 0. The molecule has 1 unspecified atom stereocenters. The van der Waals surface area contributed by atoms with Crippen molar-refractivity contribution in [2.45, 2.75) is 39.5 Å². The molecule has 78 valence electrons. The number of hydrogen-bond acceptors (Lipinski definition) is 0. The SMILES string of the molecule is CCCC(c1ccc(Cl)cc1)C(C)C. The van der Waals surface area contributed by atoms with Gasteiger partial charge in [-0.25, -0.2) is 0 Å². The predicted molar refractivity (Wildman–Crippen MR) is 63.9 cm³/mol. The Bertz CT molecular complexity index is 261. The fourth-order valence-corrected chi connectivity index (χ4v) is 2.03. The Morgan fingerprint density at radius 2 is 1.71 bits per heavy atom. The minimum atomic E-state index is 0.678. The van der Waals surface area contributed by atoms with Gasteiger partial charge in [0.15, 0.2) is 0 Å². The van der Waals surface area contributed by atoms with Gasteiger partial charge in [-0.15, -0.1) is 0 Å². The average Bonchev–Trinajstić information content (AvgIpc) is 2.15.